The first kappa shape index (κ1) is 15.4. The molecule has 1 heterocycles. The molecule has 112 valence electrons. The zero-order valence-electron chi connectivity index (χ0n) is 11.5. The van der Waals surface area contributed by atoms with Gasteiger partial charge >= 0.3 is 0 Å². The minimum absolute atomic E-state index is 0.299. The van der Waals surface area contributed by atoms with Gasteiger partial charge in [-0.1, -0.05) is 19.4 Å². The number of hydrogen-bond acceptors (Lipinski definition) is 3. The molecule has 6 heteroatoms. The van der Waals surface area contributed by atoms with Crippen LogP contribution in [0, 0.1) is 11.7 Å². The van der Waals surface area contributed by atoms with Crippen LogP contribution in [0.4, 0.5) is 4.39 Å². The summed E-state index contributed by atoms with van der Waals surface area (Å²) in [5.74, 6) is -0.426. The third-order valence-corrected chi connectivity index (χ3v) is 5.64. The Hall–Kier alpha value is -0.980. The lowest BCUT2D eigenvalue weighted by atomic mass is 10.0. The number of aliphatic hydroxyl groups excluding tert-OH is 1. The summed E-state index contributed by atoms with van der Waals surface area (Å²) in [4.78, 5) is -0.299. The van der Waals surface area contributed by atoms with Crippen molar-refractivity contribution in [1.29, 1.82) is 0 Å². The molecule has 0 bridgehead atoms. The highest BCUT2D eigenvalue weighted by Gasteiger charge is 2.33. The smallest absolute Gasteiger partial charge is 0.245 e. The van der Waals surface area contributed by atoms with Gasteiger partial charge in [0.05, 0.1) is 6.61 Å². The van der Waals surface area contributed by atoms with Crippen LogP contribution in [0.15, 0.2) is 23.1 Å². The van der Waals surface area contributed by atoms with Crippen molar-refractivity contribution in [1.82, 2.24) is 4.31 Å². The van der Waals surface area contributed by atoms with Crippen LogP contribution in [-0.4, -0.2) is 30.9 Å². The summed E-state index contributed by atoms with van der Waals surface area (Å²) in [6.45, 7) is 2.69. The van der Waals surface area contributed by atoms with Gasteiger partial charge in [-0.2, -0.15) is 4.31 Å². The van der Waals surface area contributed by atoms with Crippen molar-refractivity contribution < 1.29 is 17.9 Å². The molecule has 1 N–H and O–H groups in total. The van der Waals surface area contributed by atoms with E-state index in [1.807, 2.05) is 0 Å². The molecular formula is C14H20FNO3S. The summed E-state index contributed by atoms with van der Waals surface area (Å²) in [5, 5.41) is 8.93. The van der Waals surface area contributed by atoms with E-state index in [1.165, 1.54) is 16.4 Å². The summed E-state index contributed by atoms with van der Waals surface area (Å²) in [7, 11) is -3.77. The van der Waals surface area contributed by atoms with Crippen molar-refractivity contribution in [2.45, 2.75) is 37.7 Å². The van der Waals surface area contributed by atoms with Gasteiger partial charge in [-0.15, -0.1) is 0 Å². The molecule has 0 aliphatic carbocycles. The van der Waals surface area contributed by atoms with Gasteiger partial charge in [0, 0.05) is 13.1 Å². The van der Waals surface area contributed by atoms with Crippen molar-refractivity contribution in [2.24, 2.45) is 5.92 Å². The van der Waals surface area contributed by atoms with Gasteiger partial charge in [0.2, 0.25) is 10.0 Å². The minimum Gasteiger partial charge on any atom is -0.392 e. The quantitative estimate of drug-likeness (QED) is 0.906. The van der Waals surface area contributed by atoms with Gasteiger partial charge in [-0.25, -0.2) is 12.8 Å². The van der Waals surface area contributed by atoms with Gasteiger partial charge in [0.25, 0.3) is 0 Å². The normalized spacial score (nSPS) is 20.4. The number of sulfonamides is 1. The van der Waals surface area contributed by atoms with E-state index in [9.17, 15) is 12.8 Å². The second kappa shape index (κ2) is 6.20. The fourth-order valence-corrected chi connectivity index (χ4v) is 4.23. The Labute approximate surface area is 119 Å². The molecule has 1 atom stereocenters. The molecule has 4 nitrogen and oxygen atoms in total. The van der Waals surface area contributed by atoms with Crippen molar-refractivity contribution in [3.8, 4) is 0 Å². The summed E-state index contributed by atoms with van der Waals surface area (Å²) in [6, 6.07) is 3.76. The van der Waals surface area contributed by atoms with Crippen LogP contribution >= 0.6 is 0 Å². The van der Waals surface area contributed by atoms with Gasteiger partial charge in [0.15, 0.2) is 0 Å². The number of rotatable bonds is 5. The molecule has 2 rings (SSSR count). The molecule has 1 fully saturated rings. The Bertz CT molecular complexity index is 574. The van der Waals surface area contributed by atoms with Gasteiger partial charge in [0.1, 0.15) is 10.7 Å². The highest BCUT2D eigenvalue weighted by atomic mass is 32.2. The molecule has 0 radical (unpaired) electrons. The molecule has 0 saturated carbocycles. The lowest BCUT2D eigenvalue weighted by Crippen LogP contribution is -2.29. The molecule has 1 aromatic carbocycles. The average molecular weight is 301 g/mol. The first-order valence-electron chi connectivity index (χ1n) is 6.88. The molecule has 1 aliphatic heterocycles. The maximum absolute atomic E-state index is 13.9. The number of benzene rings is 1. The van der Waals surface area contributed by atoms with E-state index >= 15 is 0 Å². The Morgan fingerprint density at radius 2 is 2.20 bits per heavy atom. The Morgan fingerprint density at radius 3 is 2.80 bits per heavy atom. The second-order valence-electron chi connectivity index (χ2n) is 5.23. The largest absolute Gasteiger partial charge is 0.392 e. The van der Waals surface area contributed by atoms with Gasteiger partial charge in [-0.05, 0) is 36.5 Å². The van der Waals surface area contributed by atoms with E-state index in [-0.39, 0.29) is 11.5 Å². The summed E-state index contributed by atoms with van der Waals surface area (Å²) < 4.78 is 40.1. The van der Waals surface area contributed by atoms with E-state index < -0.39 is 15.8 Å². The third-order valence-electron chi connectivity index (χ3n) is 3.74. The van der Waals surface area contributed by atoms with Crippen molar-refractivity contribution in [3.63, 3.8) is 0 Å². The van der Waals surface area contributed by atoms with Crippen molar-refractivity contribution in [3.05, 3.63) is 29.6 Å². The summed E-state index contributed by atoms with van der Waals surface area (Å²) in [5.41, 5.74) is 0.367. The van der Waals surface area contributed by atoms with E-state index in [0.29, 0.717) is 24.6 Å². The molecular weight excluding hydrogens is 281 g/mol. The average Bonchev–Trinajstić information content (AvgIpc) is 2.88. The number of nitrogens with zero attached hydrogens (tertiary/aromatic N) is 1. The van der Waals surface area contributed by atoms with E-state index in [4.69, 9.17) is 5.11 Å². The highest BCUT2D eigenvalue weighted by molar-refractivity contribution is 7.89. The fourth-order valence-electron chi connectivity index (χ4n) is 2.65. The lowest BCUT2D eigenvalue weighted by molar-refractivity contribution is 0.281. The van der Waals surface area contributed by atoms with Crippen LogP contribution < -0.4 is 0 Å². The number of halogens is 1. The Balaban J connectivity index is 2.23. The van der Waals surface area contributed by atoms with E-state index in [0.717, 1.165) is 25.3 Å². The standard InChI is InChI=1S/C14H20FNO3S/c1-2-3-11-6-7-16(9-11)20(18,19)14-5-4-12(10-17)8-13(14)15/h4-5,8,11,17H,2-3,6-7,9-10H2,1H3. The van der Waals surface area contributed by atoms with Crippen LogP contribution in [0.25, 0.3) is 0 Å². The maximum atomic E-state index is 13.9. The van der Waals surface area contributed by atoms with E-state index in [2.05, 4.69) is 6.92 Å². The number of aliphatic hydroxyl groups is 1. The second-order valence-corrected chi connectivity index (χ2v) is 7.14. The molecule has 1 aromatic rings. The van der Waals surface area contributed by atoms with Crippen LogP contribution in [0.1, 0.15) is 31.7 Å². The molecule has 1 unspecified atom stereocenters. The summed E-state index contributed by atoms with van der Waals surface area (Å²) >= 11 is 0. The molecule has 0 amide bonds. The zero-order chi connectivity index (χ0) is 14.8. The Kier molecular flexibility index (Phi) is 4.78. The predicted molar refractivity (Wildman–Crippen MR) is 74.1 cm³/mol. The van der Waals surface area contributed by atoms with Gasteiger partial charge in [-0.3, -0.25) is 0 Å². The Morgan fingerprint density at radius 1 is 1.45 bits per heavy atom. The number of hydrogen-bond donors (Lipinski definition) is 1. The van der Waals surface area contributed by atoms with E-state index in [1.54, 1.807) is 0 Å². The topological polar surface area (TPSA) is 57.6 Å². The molecule has 1 saturated heterocycles. The third kappa shape index (κ3) is 3.02. The first-order valence-corrected chi connectivity index (χ1v) is 8.32. The SMILES string of the molecule is CCCC1CCN(S(=O)(=O)c2ccc(CO)cc2F)C1. The maximum Gasteiger partial charge on any atom is 0.245 e. The zero-order valence-corrected chi connectivity index (χ0v) is 12.4. The molecule has 20 heavy (non-hydrogen) atoms. The monoisotopic (exact) mass is 301 g/mol. The molecule has 0 spiro atoms. The molecule has 0 aromatic heterocycles. The van der Waals surface area contributed by atoms with Gasteiger partial charge < -0.3 is 5.11 Å². The van der Waals surface area contributed by atoms with Crippen LogP contribution in [0.3, 0.4) is 0 Å². The first-order chi connectivity index (χ1) is 9.48. The minimum atomic E-state index is -3.77. The predicted octanol–water partition coefficient (Wildman–Crippen LogP) is 2.13. The highest BCUT2D eigenvalue weighted by Crippen LogP contribution is 2.28. The van der Waals surface area contributed by atoms with Crippen LogP contribution in [0.2, 0.25) is 0 Å². The van der Waals surface area contributed by atoms with Crippen molar-refractivity contribution in [2.75, 3.05) is 13.1 Å². The lowest BCUT2D eigenvalue weighted by Gasteiger charge is -2.17. The fraction of sp³-hybridized carbons (Fsp3) is 0.571. The molecule has 1 aliphatic rings. The van der Waals surface area contributed by atoms with Crippen molar-refractivity contribution >= 4 is 10.0 Å². The van der Waals surface area contributed by atoms with Crippen LogP contribution in [-0.2, 0) is 16.6 Å². The summed E-state index contributed by atoms with van der Waals surface area (Å²) in [6.07, 6.45) is 2.86. The van der Waals surface area contributed by atoms with Crippen LogP contribution in [0.5, 0.6) is 0 Å².